The number of carbonyl (C=O) groups excluding carboxylic acids is 1. The van der Waals surface area contributed by atoms with Crippen LogP contribution in [0.4, 0.5) is 13.6 Å². The van der Waals surface area contributed by atoms with Gasteiger partial charge in [0.15, 0.2) is 6.29 Å². The molecular formula is C19H28F2N2O4. The highest BCUT2D eigenvalue weighted by Crippen LogP contribution is 2.30. The maximum Gasteiger partial charge on any atom is 0.407 e. The number of hydrogen-bond acceptors (Lipinski definition) is 5. The first-order valence-electron chi connectivity index (χ1n) is 9.22. The number of aromatic nitrogens is 1. The number of carbonyl (C=O) groups is 1. The summed E-state index contributed by atoms with van der Waals surface area (Å²) >= 11 is 0. The van der Waals surface area contributed by atoms with Gasteiger partial charge >= 0.3 is 6.09 Å². The summed E-state index contributed by atoms with van der Waals surface area (Å²) in [5.74, 6) is 0. The van der Waals surface area contributed by atoms with Crippen molar-refractivity contribution >= 4 is 6.09 Å². The van der Waals surface area contributed by atoms with Gasteiger partial charge < -0.3 is 19.5 Å². The van der Waals surface area contributed by atoms with Crippen LogP contribution >= 0.6 is 0 Å². The predicted molar refractivity (Wildman–Crippen MR) is 95.6 cm³/mol. The van der Waals surface area contributed by atoms with Crippen LogP contribution in [0.2, 0.25) is 0 Å². The van der Waals surface area contributed by atoms with Crippen LogP contribution in [0, 0.1) is 0 Å². The summed E-state index contributed by atoms with van der Waals surface area (Å²) in [7, 11) is 0. The molecule has 2 rings (SSSR count). The van der Waals surface area contributed by atoms with Crippen molar-refractivity contribution < 1.29 is 27.8 Å². The van der Waals surface area contributed by atoms with Gasteiger partial charge in [-0.05, 0) is 46.1 Å². The van der Waals surface area contributed by atoms with Gasteiger partial charge in [0.1, 0.15) is 11.7 Å². The van der Waals surface area contributed by atoms with Gasteiger partial charge in [-0.15, -0.1) is 0 Å². The fourth-order valence-electron chi connectivity index (χ4n) is 2.77. The molecule has 2 atom stereocenters. The van der Waals surface area contributed by atoms with Crippen LogP contribution < -0.4 is 5.32 Å². The summed E-state index contributed by atoms with van der Waals surface area (Å²) in [6.45, 7) is 6.03. The minimum atomic E-state index is -2.71. The van der Waals surface area contributed by atoms with Crippen molar-refractivity contribution in [2.45, 2.75) is 70.9 Å². The van der Waals surface area contributed by atoms with E-state index in [1.807, 2.05) is 0 Å². The summed E-state index contributed by atoms with van der Waals surface area (Å²) < 4.78 is 43.5. The largest absolute Gasteiger partial charge is 0.444 e. The zero-order valence-corrected chi connectivity index (χ0v) is 16.0. The molecule has 0 aromatic carbocycles. The van der Waals surface area contributed by atoms with Crippen molar-refractivity contribution in [2.24, 2.45) is 0 Å². The third-order valence-electron chi connectivity index (χ3n) is 3.93. The summed E-state index contributed by atoms with van der Waals surface area (Å²) in [6.07, 6.45) is -1.11. The highest BCUT2D eigenvalue weighted by atomic mass is 19.3. The first kappa shape index (κ1) is 21.5. The molecular weight excluding hydrogens is 358 g/mol. The molecule has 1 N–H and O–H groups in total. The van der Waals surface area contributed by atoms with E-state index in [4.69, 9.17) is 14.2 Å². The lowest BCUT2D eigenvalue weighted by Gasteiger charge is -2.28. The van der Waals surface area contributed by atoms with Crippen LogP contribution in [-0.2, 0) is 20.6 Å². The molecule has 1 fully saturated rings. The van der Waals surface area contributed by atoms with Crippen LogP contribution in [0.15, 0.2) is 18.3 Å². The molecule has 0 spiro atoms. The van der Waals surface area contributed by atoms with Crippen molar-refractivity contribution in [3.05, 3.63) is 29.6 Å². The van der Waals surface area contributed by atoms with Crippen LogP contribution in [0.25, 0.3) is 0 Å². The Kier molecular flexibility index (Phi) is 7.91. The standard InChI is InChI=1S/C19H28F2N2O4/c1-19(2,3)27-18(24)23-11-9-14-13(7-6-10-22-14)16(17(20)21)26-15-8-4-5-12-25-15/h6-7,10,15-17H,4-5,8-9,11-12H2,1-3H3,(H,23,24). The van der Waals surface area contributed by atoms with Gasteiger partial charge in [0.05, 0.1) is 0 Å². The number of pyridine rings is 1. The van der Waals surface area contributed by atoms with E-state index in [1.165, 1.54) is 6.20 Å². The number of ether oxygens (including phenoxy) is 3. The molecule has 2 unspecified atom stereocenters. The monoisotopic (exact) mass is 386 g/mol. The fourth-order valence-corrected chi connectivity index (χ4v) is 2.77. The smallest absolute Gasteiger partial charge is 0.407 e. The molecule has 1 aliphatic heterocycles. The Balaban J connectivity index is 2.00. The van der Waals surface area contributed by atoms with E-state index in [1.54, 1.807) is 32.9 Å². The number of hydrogen-bond donors (Lipinski definition) is 1. The third-order valence-corrected chi connectivity index (χ3v) is 3.93. The molecule has 0 saturated carbocycles. The van der Waals surface area contributed by atoms with E-state index < -0.39 is 30.5 Å². The zero-order chi connectivity index (χ0) is 19.9. The molecule has 1 aromatic rings. The van der Waals surface area contributed by atoms with Crippen molar-refractivity contribution in [3.8, 4) is 0 Å². The lowest BCUT2D eigenvalue weighted by atomic mass is 10.1. The van der Waals surface area contributed by atoms with Gasteiger partial charge in [0, 0.05) is 37.0 Å². The molecule has 1 saturated heterocycles. The first-order valence-corrected chi connectivity index (χ1v) is 9.22. The van der Waals surface area contributed by atoms with E-state index in [9.17, 15) is 13.6 Å². The highest BCUT2D eigenvalue weighted by molar-refractivity contribution is 5.67. The molecule has 152 valence electrons. The summed E-state index contributed by atoms with van der Waals surface area (Å²) in [5, 5.41) is 2.61. The number of nitrogens with one attached hydrogen (secondary N) is 1. The minimum absolute atomic E-state index is 0.217. The lowest BCUT2D eigenvalue weighted by Crippen LogP contribution is -2.34. The molecule has 1 amide bonds. The Hall–Kier alpha value is -1.80. The Labute approximate surface area is 158 Å². The van der Waals surface area contributed by atoms with Gasteiger partial charge in [-0.25, -0.2) is 13.6 Å². The Morgan fingerprint density at radius 1 is 1.41 bits per heavy atom. The molecule has 8 heteroatoms. The molecule has 0 aliphatic carbocycles. The van der Waals surface area contributed by atoms with Crippen LogP contribution in [0.3, 0.4) is 0 Å². The second-order valence-corrected chi connectivity index (χ2v) is 7.41. The maximum atomic E-state index is 13.7. The molecule has 1 aliphatic rings. The van der Waals surface area contributed by atoms with Gasteiger partial charge in [-0.2, -0.15) is 0 Å². The molecule has 0 radical (unpaired) electrons. The van der Waals surface area contributed by atoms with E-state index in [-0.39, 0.29) is 13.0 Å². The summed E-state index contributed by atoms with van der Waals surface area (Å²) in [4.78, 5) is 15.9. The van der Waals surface area contributed by atoms with E-state index in [0.717, 1.165) is 12.8 Å². The predicted octanol–water partition coefficient (Wildman–Crippen LogP) is 4.00. The maximum absolute atomic E-state index is 13.7. The Morgan fingerprint density at radius 2 is 2.19 bits per heavy atom. The fraction of sp³-hybridized carbons (Fsp3) is 0.684. The summed E-state index contributed by atoms with van der Waals surface area (Å²) in [6, 6.07) is 3.18. The van der Waals surface area contributed by atoms with Crippen molar-refractivity contribution in [1.29, 1.82) is 0 Å². The molecule has 6 nitrogen and oxygen atoms in total. The Bertz CT molecular complexity index is 602. The van der Waals surface area contributed by atoms with Gasteiger partial charge in [-0.1, -0.05) is 6.07 Å². The molecule has 27 heavy (non-hydrogen) atoms. The van der Waals surface area contributed by atoms with Gasteiger partial charge in [-0.3, -0.25) is 4.98 Å². The second kappa shape index (κ2) is 9.94. The van der Waals surface area contributed by atoms with Crippen molar-refractivity contribution in [3.63, 3.8) is 0 Å². The van der Waals surface area contributed by atoms with Crippen LogP contribution in [-0.4, -0.2) is 42.5 Å². The SMILES string of the molecule is CC(C)(C)OC(=O)NCCc1ncccc1C(OC1CCCCO1)C(F)F. The minimum Gasteiger partial charge on any atom is -0.444 e. The molecule has 1 aromatic heterocycles. The van der Waals surface area contributed by atoms with E-state index in [0.29, 0.717) is 24.3 Å². The molecule has 2 heterocycles. The van der Waals surface area contributed by atoms with Gasteiger partial charge in [0.2, 0.25) is 0 Å². The highest BCUT2D eigenvalue weighted by Gasteiger charge is 2.30. The quantitative estimate of drug-likeness (QED) is 0.767. The molecule has 0 bridgehead atoms. The summed E-state index contributed by atoms with van der Waals surface area (Å²) in [5.41, 5.74) is 0.164. The van der Waals surface area contributed by atoms with E-state index >= 15 is 0 Å². The van der Waals surface area contributed by atoms with E-state index in [2.05, 4.69) is 10.3 Å². The number of amides is 1. The number of alkyl halides is 2. The number of halogens is 2. The topological polar surface area (TPSA) is 69.7 Å². The van der Waals surface area contributed by atoms with Crippen molar-refractivity contribution in [1.82, 2.24) is 10.3 Å². The lowest BCUT2D eigenvalue weighted by molar-refractivity contribution is -0.214. The number of rotatable bonds is 7. The second-order valence-electron chi connectivity index (χ2n) is 7.41. The first-order chi connectivity index (χ1) is 12.8. The Morgan fingerprint density at radius 3 is 2.81 bits per heavy atom. The average Bonchev–Trinajstić information content (AvgIpc) is 2.59. The number of alkyl carbamates (subject to hydrolysis) is 1. The van der Waals surface area contributed by atoms with Crippen molar-refractivity contribution in [2.75, 3.05) is 13.2 Å². The third kappa shape index (κ3) is 7.38. The number of nitrogens with zero attached hydrogens (tertiary/aromatic N) is 1. The van der Waals surface area contributed by atoms with Crippen LogP contribution in [0.1, 0.15) is 57.4 Å². The zero-order valence-electron chi connectivity index (χ0n) is 16.0. The normalized spacial score (nSPS) is 19.0. The van der Waals surface area contributed by atoms with Crippen LogP contribution in [0.5, 0.6) is 0 Å². The average molecular weight is 386 g/mol. The van der Waals surface area contributed by atoms with Gasteiger partial charge in [0.25, 0.3) is 6.43 Å².